The summed E-state index contributed by atoms with van der Waals surface area (Å²) in [6, 6.07) is 3.38. The fraction of sp³-hybridized carbons (Fsp3) is 0.571. The van der Waals surface area contributed by atoms with E-state index in [2.05, 4.69) is 0 Å². The van der Waals surface area contributed by atoms with Gasteiger partial charge >= 0.3 is 0 Å². The average molecular weight is 317 g/mol. The van der Waals surface area contributed by atoms with E-state index in [1.165, 1.54) is 10.4 Å². The zero-order valence-electron chi connectivity index (χ0n) is 12.3. The molecule has 1 saturated heterocycles. The van der Waals surface area contributed by atoms with Crippen molar-refractivity contribution in [3.05, 3.63) is 29.6 Å². The van der Waals surface area contributed by atoms with E-state index in [0.29, 0.717) is 0 Å². The van der Waals surface area contributed by atoms with Crippen molar-refractivity contribution < 1.29 is 22.7 Å². The lowest BCUT2D eigenvalue weighted by Gasteiger charge is -2.41. The monoisotopic (exact) mass is 317 g/mol. The molecule has 1 aliphatic rings. The molecule has 21 heavy (non-hydrogen) atoms. The summed E-state index contributed by atoms with van der Waals surface area (Å²) in [5, 5.41) is 9.30. The third kappa shape index (κ3) is 3.42. The van der Waals surface area contributed by atoms with Crippen LogP contribution in [0.15, 0.2) is 23.1 Å². The van der Waals surface area contributed by atoms with E-state index < -0.39 is 28.0 Å². The Morgan fingerprint density at radius 2 is 2.14 bits per heavy atom. The zero-order chi connectivity index (χ0) is 15.8. The van der Waals surface area contributed by atoms with Gasteiger partial charge in [0, 0.05) is 13.1 Å². The molecule has 1 fully saturated rings. The van der Waals surface area contributed by atoms with Crippen LogP contribution >= 0.6 is 0 Å². The summed E-state index contributed by atoms with van der Waals surface area (Å²) in [4.78, 5) is -0.185. The standard InChI is InChI=1S/C14H20FNO4S/c1-10-7-16(9-14(2,3)20-10)21(18,19)13-6-12(15)5-4-11(13)8-17/h4-6,10,17H,7-9H2,1-3H3. The van der Waals surface area contributed by atoms with Gasteiger partial charge in [0.2, 0.25) is 10.0 Å². The number of sulfonamides is 1. The summed E-state index contributed by atoms with van der Waals surface area (Å²) in [7, 11) is -3.88. The molecule has 118 valence electrons. The number of hydrogen-bond acceptors (Lipinski definition) is 4. The lowest BCUT2D eigenvalue weighted by atomic mass is 10.1. The molecule has 0 aliphatic carbocycles. The Balaban J connectivity index is 2.45. The van der Waals surface area contributed by atoms with Crippen LogP contribution in [0.3, 0.4) is 0 Å². The molecule has 5 nitrogen and oxygen atoms in total. The topological polar surface area (TPSA) is 66.8 Å². The summed E-state index contributed by atoms with van der Waals surface area (Å²) in [5.74, 6) is -0.647. The smallest absolute Gasteiger partial charge is 0.243 e. The van der Waals surface area contributed by atoms with Crippen LogP contribution < -0.4 is 0 Å². The summed E-state index contributed by atoms with van der Waals surface area (Å²) in [6.07, 6.45) is -0.255. The second-order valence-corrected chi connectivity index (χ2v) is 7.80. The van der Waals surface area contributed by atoms with Crippen molar-refractivity contribution >= 4 is 10.0 Å². The summed E-state index contributed by atoms with van der Waals surface area (Å²) < 4.78 is 45.9. The fourth-order valence-corrected chi connectivity index (χ4v) is 4.51. The Morgan fingerprint density at radius 1 is 1.48 bits per heavy atom. The van der Waals surface area contributed by atoms with Crippen molar-refractivity contribution in [2.24, 2.45) is 0 Å². The minimum Gasteiger partial charge on any atom is -0.392 e. The lowest BCUT2D eigenvalue weighted by Crippen LogP contribution is -2.53. The summed E-state index contributed by atoms with van der Waals surface area (Å²) in [5.41, 5.74) is -0.425. The van der Waals surface area contributed by atoms with Crippen molar-refractivity contribution in [1.29, 1.82) is 0 Å². The second kappa shape index (κ2) is 5.64. The normalized spacial score (nSPS) is 23.2. The molecule has 1 aromatic carbocycles. The summed E-state index contributed by atoms with van der Waals surface area (Å²) >= 11 is 0. The number of rotatable bonds is 3. The van der Waals surface area contributed by atoms with Gasteiger partial charge in [-0.1, -0.05) is 6.07 Å². The first kappa shape index (κ1) is 16.4. The molecule has 7 heteroatoms. The van der Waals surface area contributed by atoms with E-state index in [0.717, 1.165) is 12.1 Å². The molecule has 1 unspecified atom stereocenters. The van der Waals surface area contributed by atoms with E-state index >= 15 is 0 Å². The molecule has 1 N–H and O–H groups in total. The van der Waals surface area contributed by atoms with Crippen LogP contribution in [0.5, 0.6) is 0 Å². The Bertz CT molecular complexity index is 630. The van der Waals surface area contributed by atoms with E-state index in [1.807, 2.05) is 13.8 Å². The maximum Gasteiger partial charge on any atom is 0.243 e. The third-order valence-corrected chi connectivity index (χ3v) is 5.25. The Hall–Kier alpha value is -1.02. The third-order valence-electron chi connectivity index (χ3n) is 3.36. The van der Waals surface area contributed by atoms with E-state index in [1.54, 1.807) is 6.92 Å². The predicted octanol–water partition coefficient (Wildman–Crippen LogP) is 1.51. The highest BCUT2D eigenvalue weighted by molar-refractivity contribution is 7.89. The van der Waals surface area contributed by atoms with Gasteiger partial charge in [-0.3, -0.25) is 0 Å². The van der Waals surface area contributed by atoms with Crippen LogP contribution in [-0.2, 0) is 21.4 Å². The van der Waals surface area contributed by atoms with Crippen molar-refractivity contribution in [1.82, 2.24) is 4.31 Å². The van der Waals surface area contributed by atoms with Gasteiger partial charge in [0.1, 0.15) is 5.82 Å². The van der Waals surface area contributed by atoms with Crippen LogP contribution in [0, 0.1) is 5.82 Å². The molecule has 0 amide bonds. The first-order valence-electron chi connectivity index (χ1n) is 6.73. The number of halogens is 1. The Labute approximate surface area is 124 Å². The number of morpholine rings is 1. The van der Waals surface area contributed by atoms with E-state index in [9.17, 15) is 17.9 Å². The first-order valence-corrected chi connectivity index (χ1v) is 8.17. The highest BCUT2D eigenvalue weighted by Gasteiger charge is 2.38. The van der Waals surface area contributed by atoms with E-state index in [-0.39, 0.29) is 29.7 Å². The molecule has 0 radical (unpaired) electrons. The van der Waals surface area contributed by atoms with Gasteiger partial charge < -0.3 is 9.84 Å². The number of hydrogen-bond donors (Lipinski definition) is 1. The Kier molecular flexibility index (Phi) is 4.39. The second-order valence-electron chi connectivity index (χ2n) is 5.90. The lowest BCUT2D eigenvalue weighted by molar-refractivity contribution is -0.109. The van der Waals surface area contributed by atoms with Gasteiger partial charge in [-0.2, -0.15) is 4.31 Å². The molecule has 0 saturated carbocycles. The van der Waals surface area contributed by atoms with E-state index in [4.69, 9.17) is 4.74 Å². The number of ether oxygens (including phenoxy) is 1. The van der Waals surface area contributed by atoms with Crippen LogP contribution in [0.1, 0.15) is 26.3 Å². The van der Waals surface area contributed by atoms with Gasteiger partial charge in [-0.05, 0) is 38.5 Å². The molecule has 1 atom stereocenters. The fourth-order valence-electron chi connectivity index (χ4n) is 2.62. The zero-order valence-corrected chi connectivity index (χ0v) is 13.2. The van der Waals surface area contributed by atoms with Gasteiger partial charge in [0.25, 0.3) is 0 Å². The molecule has 0 bridgehead atoms. The highest BCUT2D eigenvalue weighted by Crippen LogP contribution is 2.28. The minimum absolute atomic E-state index is 0.182. The van der Waals surface area contributed by atoms with Crippen LogP contribution in [0.2, 0.25) is 0 Å². The van der Waals surface area contributed by atoms with Gasteiger partial charge in [0.05, 0.1) is 23.2 Å². The SMILES string of the molecule is CC1CN(S(=O)(=O)c2cc(F)ccc2CO)CC(C)(C)O1. The maximum atomic E-state index is 13.4. The van der Waals surface area contributed by atoms with Gasteiger partial charge in [-0.15, -0.1) is 0 Å². The molecule has 0 spiro atoms. The van der Waals surface area contributed by atoms with Gasteiger partial charge in [0.15, 0.2) is 0 Å². The summed E-state index contributed by atoms with van der Waals surface area (Å²) in [6.45, 7) is 5.34. The molecular formula is C14H20FNO4S. The van der Waals surface area contributed by atoms with Crippen LogP contribution in [0.4, 0.5) is 4.39 Å². The maximum absolute atomic E-state index is 13.4. The van der Waals surface area contributed by atoms with Crippen LogP contribution in [0.25, 0.3) is 0 Å². The molecule has 0 aromatic heterocycles. The predicted molar refractivity (Wildman–Crippen MR) is 75.7 cm³/mol. The van der Waals surface area contributed by atoms with Crippen molar-refractivity contribution in [3.63, 3.8) is 0 Å². The number of benzene rings is 1. The van der Waals surface area contributed by atoms with Crippen molar-refractivity contribution in [3.8, 4) is 0 Å². The van der Waals surface area contributed by atoms with Crippen molar-refractivity contribution in [2.45, 2.75) is 44.0 Å². The quantitative estimate of drug-likeness (QED) is 0.917. The molecule has 1 heterocycles. The molecule has 1 aromatic rings. The highest BCUT2D eigenvalue weighted by atomic mass is 32.2. The molecule has 1 aliphatic heterocycles. The number of aliphatic hydroxyl groups is 1. The first-order chi connectivity index (χ1) is 9.65. The minimum atomic E-state index is -3.88. The average Bonchev–Trinajstić information content (AvgIpc) is 2.36. The Morgan fingerprint density at radius 3 is 2.71 bits per heavy atom. The number of aliphatic hydroxyl groups excluding tert-OH is 1. The van der Waals surface area contributed by atoms with Crippen LogP contribution in [-0.4, -0.2) is 42.6 Å². The molecular weight excluding hydrogens is 297 g/mol. The van der Waals surface area contributed by atoms with Gasteiger partial charge in [-0.25, -0.2) is 12.8 Å². The largest absolute Gasteiger partial charge is 0.392 e. The number of nitrogens with zero attached hydrogens (tertiary/aromatic N) is 1. The molecule has 2 rings (SSSR count). The van der Waals surface area contributed by atoms with Crippen molar-refractivity contribution in [2.75, 3.05) is 13.1 Å².